The first-order chi connectivity index (χ1) is 13.7. The van der Waals surface area contributed by atoms with E-state index in [1.807, 2.05) is 0 Å². The molecule has 1 aliphatic carbocycles. The van der Waals surface area contributed by atoms with Crippen molar-refractivity contribution in [1.29, 1.82) is 0 Å². The molecule has 2 aliphatic rings. The van der Waals surface area contributed by atoms with Crippen LogP contribution in [0.4, 0.5) is 0 Å². The van der Waals surface area contributed by atoms with Crippen molar-refractivity contribution in [1.82, 2.24) is 14.7 Å². The minimum absolute atomic E-state index is 0.513. The van der Waals surface area contributed by atoms with E-state index < -0.39 is 0 Å². The molecule has 0 aromatic rings. The molecule has 28 heavy (non-hydrogen) atoms. The third-order valence-electron chi connectivity index (χ3n) is 7.08. The SMILES string of the molecule is CCCCCCC(CCC)CN(C)C1CC(OCCN2CCN(CC)CC2)C1. The van der Waals surface area contributed by atoms with Crippen LogP contribution >= 0.6 is 0 Å². The molecule has 2 rings (SSSR count). The number of unbranched alkanes of at least 4 members (excludes halogenated alkanes) is 3. The van der Waals surface area contributed by atoms with E-state index in [-0.39, 0.29) is 0 Å². The topological polar surface area (TPSA) is 19.0 Å². The zero-order chi connectivity index (χ0) is 20.2. The summed E-state index contributed by atoms with van der Waals surface area (Å²) in [5.74, 6) is 0.897. The van der Waals surface area contributed by atoms with Crippen molar-refractivity contribution < 1.29 is 4.74 Å². The highest BCUT2D eigenvalue weighted by Crippen LogP contribution is 2.29. The monoisotopic (exact) mass is 395 g/mol. The van der Waals surface area contributed by atoms with Gasteiger partial charge in [0.05, 0.1) is 12.7 Å². The molecule has 0 bridgehead atoms. The Morgan fingerprint density at radius 2 is 1.61 bits per heavy atom. The molecule has 0 N–H and O–H groups in total. The van der Waals surface area contributed by atoms with E-state index in [4.69, 9.17) is 4.74 Å². The quantitative estimate of drug-likeness (QED) is 0.380. The highest BCUT2D eigenvalue weighted by atomic mass is 16.5. The second kappa shape index (κ2) is 14.0. The number of hydrogen-bond donors (Lipinski definition) is 0. The van der Waals surface area contributed by atoms with Crippen LogP contribution in [0.5, 0.6) is 0 Å². The molecule has 166 valence electrons. The lowest BCUT2D eigenvalue weighted by Crippen LogP contribution is -2.49. The fourth-order valence-corrected chi connectivity index (χ4v) is 4.86. The van der Waals surface area contributed by atoms with Crippen LogP contribution in [0, 0.1) is 5.92 Å². The van der Waals surface area contributed by atoms with Gasteiger partial charge in [0.2, 0.25) is 0 Å². The summed E-state index contributed by atoms with van der Waals surface area (Å²) in [6, 6.07) is 0.757. The zero-order valence-corrected chi connectivity index (χ0v) is 19.5. The maximum absolute atomic E-state index is 6.18. The normalized spacial score (nSPS) is 25.2. The van der Waals surface area contributed by atoms with Crippen molar-refractivity contribution in [2.75, 3.05) is 59.5 Å². The van der Waals surface area contributed by atoms with Gasteiger partial charge in [0.15, 0.2) is 0 Å². The molecular formula is C24H49N3O. The first-order valence-corrected chi connectivity index (χ1v) is 12.4. The molecular weight excluding hydrogens is 346 g/mol. The van der Waals surface area contributed by atoms with Crippen LogP contribution in [0.2, 0.25) is 0 Å². The Morgan fingerprint density at radius 3 is 2.25 bits per heavy atom. The maximum atomic E-state index is 6.18. The van der Waals surface area contributed by atoms with Crippen molar-refractivity contribution in [3.63, 3.8) is 0 Å². The molecule has 0 amide bonds. The molecule has 4 nitrogen and oxygen atoms in total. The van der Waals surface area contributed by atoms with Gasteiger partial charge in [-0.3, -0.25) is 4.90 Å². The molecule has 1 atom stereocenters. The molecule has 1 unspecified atom stereocenters. The van der Waals surface area contributed by atoms with Gasteiger partial charge in [0, 0.05) is 45.3 Å². The summed E-state index contributed by atoms with van der Waals surface area (Å²) in [4.78, 5) is 7.76. The molecule has 2 fully saturated rings. The number of piperazine rings is 1. The Morgan fingerprint density at radius 1 is 0.893 bits per heavy atom. The highest BCUT2D eigenvalue weighted by Gasteiger charge is 2.33. The van der Waals surface area contributed by atoms with Crippen LogP contribution < -0.4 is 0 Å². The van der Waals surface area contributed by atoms with Crippen molar-refractivity contribution >= 4 is 0 Å². The average Bonchev–Trinajstić information content (AvgIpc) is 2.67. The lowest BCUT2D eigenvalue weighted by molar-refractivity contribution is -0.0551. The number of nitrogens with zero attached hydrogens (tertiary/aromatic N) is 3. The molecule has 0 spiro atoms. The minimum atomic E-state index is 0.513. The van der Waals surface area contributed by atoms with Crippen LogP contribution in [-0.2, 0) is 4.74 Å². The average molecular weight is 396 g/mol. The standard InChI is InChI=1S/C24H49N3O/c1-5-8-9-10-12-22(11-6-2)21-25(4)23-19-24(20-23)28-18-17-27-15-13-26(7-3)14-16-27/h22-24H,5-21H2,1-4H3. The van der Waals surface area contributed by atoms with Gasteiger partial charge in [-0.1, -0.05) is 52.9 Å². The minimum Gasteiger partial charge on any atom is -0.377 e. The van der Waals surface area contributed by atoms with Gasteiger partial charge < -0.3 is 14.5 Å². The lowest BCUT2D eigenvalue weighted by Gasteiger charge is -2.42. The van der Waals surface area contributed by atoms with Crippen molar-refractivity contribution in [2.45, 2.75) is 90.7 Å². The second-order valence-corrected chi connectivity index (χ2v) is 9.34. The summed E-state index contributed by atoms with van der Waals surface area (Å²) in [6.45, 7) is 16.3. The highest BCUT2D eigenvalue weighted by molar-refractivity contribution is 4.88. The predicted molar refractivity (Wildman–Crippen MR) is 121 cm³/mol. The van der Waals surface area contributed by atoms with E-state index in [1.165, 1.54) is 97.1 Å². The molecule has 0 aromatic carbocycles. The zero-order valence-electron chi connectivity index (χ0n) is 19.5. The number of likely N-dealkylation sites (N-methyl/N-ethyl adjacent to an activating group) is 1. The molecule has 1 saturated heterocycles. The summed E-state index contributed by atoms with van der Waals surface area (Å²) in [5.41, 5.74) is 0. The fourth-order valence-electron chi connectivity index (χ4n) is 4.86. The van der Waals surface area contributed by atoms with Gasteiger partial charge in [-0.15, -0.1) is 0 Å². The number of rotatable bonds is 15. The van der Waals surface area contributed by atoms with Gasteiger partial charge in [-0.25, -0.2) is 0 Å². The van der Waals surface area contributed by atoms with Crippen molar-refractivity contribution in [3.8, 4) is 0 Å². The molecule has 0 radical (unpaired) electrons. The van der Waals surface area contributed by atoms with Crippen LogP contribution in [-0.4, -0.2) is 86.3 Å². The second-order valence-electron chi connectivity index (χ2n) is 9.34. The van der Waals surface area contributed by atoms with Gasteiger partial charge in [-0.2, -0.15) is 0 Å². The number of ether oxygens (including phenoxy) is 1. The molecule has 1 heterocycles. The Labute approximate surface area is 176 Å². The van der Waals surface area contributed by atoms with E-state index in [9.17, 15) is 0 Å². The van der Waals surface area contributed by atoms with Gasteiger partial charge in [0.25, 0.3) is 0 Å². The Bertz CT molecular complexity index is 378. The van der Waals surface area contributed by atoms with Crippen molar-refractivity contribution in [3.05, 3.63) is 0 Å². The van der Waals surface area contributed by atoms with Crippen LogP contribution in [0.3, 0.4) is 0 Å². The maximum Gasteiger partial charge on any atom is 0.0605 e. The van der Waals surface area contributed by atoms with Gasteiger partial charge >= 0.3 is 0 Å². The van der Waals surface area contributed by atoms with Crippen molar-refractivity contribution in [2.24, 2.45) is 5.92 Å². The first-order valence-electron chi connectivity index (χ1n) is 12.4. The number of hydrogen-bond acceptors (Lipinski definition) is 4. The van der Waals surface area contributed by atoms with Crippen LogP contribution in [0.1, 0.15) is 78.6 Å². The lowest BCUT2D eigenvalue weighted by atomic mass is 9.86. The summed E-state index contributed by atoms with van der Waals surface area (Å²) in [7, 11) is 2.35. The smallest absolute Gasteiger partial charge is 0.0605 e. The molecule has 1 aliphatic heterocycles. The Balaban J connectivity index is 1.53. The van der Waals surface area contributed by atoms with Crippen LogP contribution in [0.15, 0.2) is 0 Å². The molecule has 0 aromatic heterocycles. The summed E-state index contributed by atoms with van der Waals surface area (Å²) in [6.07, 6.45) is 12.8. The fraction of sp³-hybridized carbons (Fsp3) is 1.00. The molecule has 1 saturated carbocycles. The van der Waals surface area contributed by atoms with E-state index in [0.717, 1.165) is 25.1 Å². The summed E-state index contributed by atoms with van der Waals surface area (Å²) < 4.78 is 6.18. The predicted octanol–water partition coefficient (Wildman–Crippen LogP) is 4.49. The van der Waals surface area contributed by atoms with E-state index in [2.05, 4.69) is 42.5 Å². The van der Waals surface area contributed by atoms with Crippen LogP contribution in [0.25, 0.3) is 0 Å². The van der Waals surface area contributed by atoms with E-state index in [1.54, 1.807) is 0 Å². The van der Waals surface area contributed by atoms with E-state index >= 15 is 0 Å². The largest absolute Gasteiger partial charge is 0.377 e. The summed E-state index contributed by atoms with van der Waals surface area (Å²) in [5, 5.41) is 0. The Kier molecular flexibility index (Phi) is 12.0. The van der Waals surface area contributed by atoms with Gasteiger partial charge in [-0.05, 0) is 45.2 Å². The van der Waals surface area contributed by atoms with Gasteiger partial charge in [0.1, 0.15) is 0 Å². The summed E-state index contributed by atoms with van der Waals surface area (Å²) >= 11 is 0. The third-order valence-corrected chi connectivity index (χ3v) is 7.08. The molecule has 4 heteroatoms. The third kappa shape index (κ3) is 8.69. The Hall–Kier alpha value is -0.160. The van der Waals surface area contributed by atoms with E-state index in [0.29, 0.717) is 6.10 Å². The first kappa shape index (κ1) is 24.1.